The number of methoxy groups -OCH3 is 3. The summed E-state index contributed by atoms with van der Waals surface area (Å²) in [5, 5.41) is 3.07. The molecule has 1 saturated heterocycles. The molecule has 0 radical (unpaired) electrons. The first-order chi connectivity index (χ1) is 15.0. The lowest BCUT2D eigenvalue weighted by atomic mass is 10.1. The third kappa shape index (κ3) is 6.12. The molecule has 0 bridgehead atoms. The Bertz CT molecular complexity index is 848. The van der Waals surface area contributed by atoms with Crippen LogP contribution in [0.15, 0.2) is 42.5 Å². The molecule has 3 rings (SSSR count). The quantitative estimate of drug-likeness (QED) is 0.512. The van der Waals surface area contributed by atoms with Crippen molar-refractivity contribution in [1.82, 2.24) is 5.32 Å². The van der Waals surface area contributed by atoms with Gasteiger partial charge in [0.15, 0.2) is 17.5 Å². The van der Waals surface area contributed by atoms with Crippen molar-refractivity contribution in [1.29, 1.82) is 0 Å². The fourth-order valence-corrected chi connectivity index (χ4v) is 4.08. The van der Waals surface area contributed by atoms with Crippen molar-refractivity contribution in [3.05, 3.63) is 53.6 Å². The first-order valence-corrected chi connectivity index (χ1v) is 10.8. The van der Waals surface area contributed by atoms with Crippen LogP contribution in [0.2, 0.25) is 0 Å². The van der Waals surface area contributed by atoms with Crippen molar-refractivity contribution >= 4 is 5.91 Å². The van der Waals surface area contributed by atoms with Crippen molar-refractivity contribution in [3.8, 4) is 17.2 Å². The molecule has 1 aliphatic heterocycles. The minimum atomic E-state index is -0.0547. The van der Waals surface area contributed by atoms with Gasteiger partial charge in [-0.3, -0.25) is 4.79 Å². The van der Waals surface area contributed by atoms with Gasteiger partial charge in [0.25, 0.3) is 5.91 Å². The van der Waals surface area contributed by atoms with Gasteiger partial charge in [0, 0.05) is 12.1 Å². The van der Waals surface area contributed by atoms with E-state index in [9.17, 15) is 4.79 Å². The number of piperazine rings is 1. The largest absolute Gasteiger partial charge is 0.497 e. The van der Waals surface area contributed by atoms with Crippen molar-refractivity contribution in [2.45, 2.75) is 26.1 Å². The van der Waals surface area contributed by atoms with Gasteiger partial charge in [-0.05, 0) is 42.8 Å². The van der Waals surface area contributed by atoms with E-state index in [1.165, 1.54) is 15.4 Å². The molecule has 3 N–H and O–H groups in total. The molecule has 2 aromatic rings. The number of benzene rings is 2. The normalized spacial score (nSPS) is 19.4. The van der Waals surface area contributed by atoms with Crippen LogP contribution in [0.5, 0.6) is 17.2 Å². The van der Waals surface area contributed by atoms with Crippen LogP contribution in [0.1, 0.15) is 18.1 Å². The van der Waals surface area contributed by atoms with Crippen LogP contribution < -0.4 is 29.3 Å². The number of ether oxygens (including phenoxy) is 3. The molecule has 1 aliphatic rings. The van der Waals surface area contributed by atoms with E-state index in [1.54, 1.807) is 21.3 Å². The van der Waals surface area contributed by atoms with Crippen LogP contribution in [-0.2, 0) is 17.9 Å². The monoisotopic (exact) mass is 429 g/mol. The molecule has 1 atom stereocenters. The lowest BCUT2D eigenvalue weighted by molar-refractivity contribution is -1.02. The van der Waals surface area contributed by atoms with Gasteiger partial charge in [0.1, 0.15) is 38.5 Å². The van der Waals surface area contributed by atoms with Crippen LogP contribution in [0.25, 0.3) is 0 Å². The van der Waals surface area contributed by atoms with E-state index in [2.05, 4.69) is 17.4 Å². The molecule has 1 heterocycles. The number of carbonyl (C=O) groups excluding carboxylic acids is 1. The second-order valence-corrected chi connectivity index (χ2v) is 8.06. The summed E-state index contributed by atoms with van der Waals surface area (Å²) in [6, 6.07) is 13.8. The van der Waals surface area contributed by atoms with Crippen molar-refractivity contribution < 1.29 is 28.8 Å². The van der Waals surface area contributed by atoms with Crippen molar-refractivity contribution in [2.75, 3.05) is 47.5 Å². The van der Waals surface area contributed by atoms with E-state index >= 15 is 0 Å². The highest BCUT2D eigenvalue weighted by molar-refractivity contribution is 5.79. The Balaban J connectivity index is 1.45. The van der Waals surface area contributed by atoms with E-state index in [0.29, 0.717) is 6.54 Å². The molecular weight excluding hydrogens is 394 g/mol. The standard InChI is InChI=1S/C24H33N3O4/c1-18(24(28)25-16-19-5-8-21(29-2)9-6-19)27-13-11-26(12-14-27)17-20-7-10-22(30-3)23(15-20)31-4/h5-10,15,18H,11-14,16-17H2,1-4H3,(H,25,28)/p+2/t18-/m0/s1. The zero-order valence-corrected chi connectivity index (χ0v) is 19.0. The molecule has 168 valence electrons. The number of nitrogens with one attached hydrogen (secondary N) is 3. The third-order valence-electron chi connectivity index (χ3n) is 6.13. The highest BCUT2D eigenvalue weighted by Gasteiger charge is 2.31. The maximum Gasteiger partial charge on any atom is 0.278 e. The van der Waals surface area contributed by atoms with Gasteiger partial charge < -0.3 is 29.3 Å². The predicted octanol–water partition coefficient (Wildman–Crippen LogP) is -0.299. The van der Waals surface area contributed by atoms with Gasteiger partial charge in [0.2, 0.25) is 0 Å². The number of quaternary nitrogens is 2. The van der Waals surface area contributed by atoms with E-state index in [4.69, 9.17) is 14.2 Å². The molecule has 0 aromatic heterocycles. The van der Waals surface area contributed by atoms with Gasteiger partial charge in [-0.1, -0.05) is 12.1 Å². The van der Waals surface area contributed by atoms with Gasteiger partial charge >= 0.3 is 0 Å². The van der Waals surface area contributed by atoms with Gasteiger partial charge in [0.05, 0.1) is 21.3 Å². The van der Waals surface area contributed by atoms with E-state index in [0.717, 1.165) is 55.5 Å². The van der Waals surface area contributed by atoms with Gasteiger partial charge in [-0.15, -0.1) is 0 Å². The molecular formula is C24H35N3O4+2. The zero-order valence-electron chi connectivity index (χ0n) is 19.0. The highest BCUT2D eigenvalue weighted by Crippen LogP contribution is 2.27. The van der Waals surface area contributed by atoms with Crippen LogP contribution in [0.3, 0.4) is 0 Å². The fourth-order valence-electron chi connectivity index (χ4n) is 4.08. The summed E-state index contributed by atoms with van der Waals surface area (Å²) in [5.41, 5.74) is 2.31. The summed E-state index contributed by atoms with van der Waals surface area (Å²) < 4.78 is 15.9. The predicted molar refractivity (Wildman–Crippen MR) is 119 cm³/mol. The minimum absolute atomic E-state index is 0.0547. The second-order valence-electron chi connectivity index (χ2n) is 8.06. The summed E-state index contributed by atoms with van der Waals surface area (Å²) in [5.74, 6) is 2.45. The first kappa shape index (κ1) is 22.9. The summed E-state index contributed by atoms with van der Waals surface area (Å²) in [4.78, 5) is 15.5. The Labute approximate surface area is 184 Å². The molecule has 7 nitrogen and oxygen atoms in total. The van der Waals surface area contributed by atoms with E-state index in [1.807, 2.05) is 37.3 Å². The summed E-state index contributed by atoms with van der Waals surface area (Å²) >= 11 is 0. The van der Waals surface area contributed by atoms with E-state index < -0.39 is 0 Å². The Kier molecular flexibility index (Phi) is 8.14. The number of rotatable bonds is 9. The maximum atomic E-state index is 12.7. The molecule has 0 saturated carbocycles. The molecule has 2 aromatic carbocycles. The zero-order chi connectivity index (χ0) is 22.2. The lowest BCUT2D eigenvalue weighted by Crippen LogP contribution is -3.29. The van der Waals surface area contributed by atoms with Crippen molar-refractivity contribution in [3.63, 3.8) is 0 Å². The average molecular weight is 430 g/mol. The van der Waals surface area contributed by atoms with E-state index in [-0.39, 0.29) is 11.9 Å². The SMILES string of the molecule is COc1ccc(CNC(=O)[C@H](C)[NH+]2CC[NH+](Cc3ccc(OC)c(OC)c3)CC2)cc1. The Morgan fingerprint density at radius 3 is 2.16 bits per heavy atom. The van der Waals surface area contributed by atoms with Crippen LogP contribution >= 0.6 is 0 Å². The Morgan fingerprint density at radius 1 is 0.903 bits per heavy atom. The number of carbonyl (C=O) groups is 1. The molecule has 31 heavy (non-hydrogen) atoms. The Morgan fingerprint density at radius 2 is 1.55 bits per heavy atom. The van der Waals surface area contributed by atoms with Gasteiger partial charge in [-0.2, -0.15) is 0 Å². The first-order valence-electron chi connectivity index (χ1n) is 10.8. The highest BCUT2D eigenvalue weighted by atomic mass is 16.5. The topological polar surface area (TPSA) is 65.7 Å². The Hall–Kier alpha value is -2.77. The lowest BCUT2D eigenvalue weighted by Gasteiger charge is -2.32. The third-order valence-corrected chi connectivity index (χ3v) is 6.13. The number of hydrogen-bond acceptors (Lipinski definition) is 4. The van der Waals surface area contributed by atoms with Crippen LogP contribution in [0, 0.1) is 0 Å². The average Bonchev–Trinajstić information content (AvgIpc) is 2.82. The smallest absolute Gasteiger partial charge is 0.278 e. The molecule has 1 fully saturated rings. The number of amides is 1. The summed E-state index contributed by atoms with van der Waals surface area (Å²) in [6.45, 7) is 7.57. The van der Waals surface area contributed by atoms with Crippen LogP contribution in [-0.4, -0.2) is 59.5 Å². The molecule has 7 heteroatoms. The maximum absolute atomic E-state index is 12.7. The van der Waals surface area contributed by atoms with Crippen molar-refractivity contribution in [2.24, 2.45) is 0 Å². The van der Waals surface area contributed by atoms with Crippen LogP contribution in [0.4, 0.5) is 0 Å². The second kappa shape index (κ2) is 11.0. The summed E-state index contributed by atoms with van der Waals surface area (Å²) in [7, 11) is 4.97. The minimum Gasteiger partial charge on any atom is -0.497 e. The molecule has 0 aliphatic carbocycles. The number of hydrogen-bond donors (Lipinski definition) is 3. The molecule has 1 amide bonds. The molecule has 0 unspecified atom stereocenters. The molecule has 0 spiro atoms. The van der Waals surface area contributed by atoms with Gasteiger partial charge in [-0.25, -0.2) is 0 Å². The summed E-state index contributed by atoms with van der Waals surface area (Å²) in [6.07, 6.45) is 0. The fraction of sp³-hybridized carbons (Fsp3) is 0.458.